The minimum absolute atomic E-state index is 0.659. The van der Waals surface area contributed by atoms with E-state index in [-0.39, 0.29) is 0 Å². The van der Waals surface area contributed by atoms with Gasteiger partial charge in [-0.25, -0.2) is 0 Å². The van der Waals surface area contributed by atoms with Gasteiger partial charge in [-0.1, -0.05) is 31.5 Å². The van der Waals surface area contributed by atoms with Crippen LogP contribution in [0.4, 0.5) is 5.69 Å². The molecule has 0 aromatic heterocycles. The standard InChI is InChI=1S/C15H23ClN2O/c1-12(2)10-17-11-13-3-4-14(9-15(13)16)18-5-7-19-8-6-18/h3-4,9,12,17H,5-8,10-11H2,1-2H3. The van der Waals surface area contributed by atoms with Gasteiger partial charge in [0.2, 0.25) is 0 Å². The van der Waals surface area contributed by atoms with Gasteiger partial charge in [-0.3, -0.25) is 0 Å². The third kappa shape index (κ3) is 4.37. The summed E-state index contributed by atoms with van der Waals surface area (Å²) in [5, 5.41) is 4.27. The van der Waals surface area contributed by atoms with Crippen LogP contribution in [0.15, 0.2) is 18.2 Å². The molecule has 1 fully saturated rings. The first-order chi connectivity index (χ1) is 9.16. The minimum atomic E-state index is 0.659. The number of anilines is 1. The Kier molecular flexibility index (Phi) is 5.49. The first-order valence-corrected chi connectivity index (χ1v) is 7.36. The monoisotopic (exact) mass is 282 g/mol. The van der Waals surface area contributed by atoms with E-state index in [4.69, 9.17) is 16.3 Å². The van der Waals surface area contributed by atoms with E-state index in [0.29, 0.717) is 5.92 Å². The van der Waals surface area contributed by atoms with Gasteiger partial charge in [0, 0.05) is 30.3 Å². The molecule has 1 aliphatic heterocycles. The molecule has 0 unspecified atom stereocenters. The van der Waals surface area contributed by atoms with Crippen molar-refractivity contribution in [2.24, 2.45) is 5.92 Å². The van der Waals surface area contributed by atoms with Crippen LogP contribution < -0.4 is 10.2 Å². The summed E-state index contributed by atoms with van der Waals surface area (Å²) in [6, 6.07) is 6.35. The molecule has 3 nitrogen and oxygen atoms in total. The first kappa shape index (κ1) is 14.6. The van der Waals surface area contributed by atoms with Gasteiger partial charge >= 0.3 is 0 Å². The topological polar surface area (TPSA) is 24.5 Å². The quantitative estimate of drug-likeness (QED) is 0.899. The Morgan fingerprint density at radius 2 is 2.05 bits per heavy atom. The molecule has 0 bridgehead atoms. The molecule has 1 aromatic rings. The zero-order valence-corrected chi connectivity index (χ0v) is 12.5. The third-order valence-electron chi connectivity index (χ3n) is 3.28. The maximum absolute atomic E-state index is 6.37. The fourth-order valence-corrected chi connectivity index (χ4v) is 2.43. The largest absolute Gasteiger partial charge is 0.378 e. The van der Waals surface area contributed by atoms with Gasteiger partial charge in [-0.2, -0.15) is 0 Å². The number of hydrogen-bond acceptors (Lipinski definition) is 3. The predicted molar refractivity (Wildman–Crippen MR) is 81.0 cm³/mol. The molecular weight excluding hydrogens is 260 g/mol. The van der Waals surface area contributed by atoms with Crippen LogP contribution in [0.5, 0.6) is 0 Å². The fraction of sp³-hybridized carbons (Fsp3) is 0.600. The summed E-state index contributed by atoms with van der Waals surface area (Å²) < 4.78 is 5.37. The number of benzene rings is 1. The Labute approximate surface area is 120 Å². The molecule has 19 heavy (non-hydrogen) atoms. The molecule has 1 N–H and O–H groups in total. The molecule has 0 radical (unpaired) electrons. The van der Waals surface area contributed by atoms with Crippen molar-refractivity contribution in [1.29, 1.82) is 0 Å². The molecule has 1 aromatic carbocycles. The summed E-state index contributed by atoms with van der Waals surface area (Å²) in [5.41, 5.74) is 2.36. The molecule has 0 amide bonds. The van der Waals surface area contributed by atoms with Crippen LogP contribution in [-0.2, 0) is 11.3 Å². The summed E-state index contributed by atoms with van der Waals surface area (Å²) in [4.78, 5) is 2.32. The Bertz CT molecular complexity index is 403. The van der Waals surface area contributed by atoms with E-state index in [2.05, 4.69) is 42.3 Å². The molecule has 1 saturated heterocycles. The molecule has 0 atom stereocenters. The van der Waals surface area contributed by atoms with Gasteiger partial charge in [0.15, 0.2) is 0 Å². The highest BCUT2D eigenvalue weighted by atomic mass is 35.5. The second kappa shape index (κ2) is 7.13. The van der Waals surface area contributed by atoms with Crippen molar-refractivity contribution in [1.82, 2.24) is 5.32 Å². The SMILES string of the molecule is CC(C)CNCc1ccc(N2CCOCC2)cc1Cl. The highest BCUT2D eigenvalue weighted by Gasteiger charge is 2.12. The van der Waals surface area contributed by atoms with Crippen LogP contribution >= 0.6 is 11.6 Å². The van der Waals surface area contributed by atoms with Crippen LogP contribution in [0, 0.1) is 5.92 Å². The van der Waals surface area contributed by atoms with Gasteiger partial charge < -0.3 is 15.0 Å². The molecule has 1 heterocycles. The van der Waals surface area contributed by atoms with E-state index in [9.17, 15) is 0 Å². The second-order valence-corrected chi connectivity index (χ2v) is 5.81. The predicted octanol–water partition coefficient (Wildman–Crippen LogP) is 2.92. The van der Waals surface area contributed by atoms with Crippen molar-refractivity contribution in [2.45, 2.75) is 20.4 Å². The highest BCUT2D eigenvalue weighted by molar-refractivity contribution is 6.31. The number of hydrogen-bond donors (Lipinski definition) is 1. The van der Waals surface area contributed by atoms with Crippen molar-refractivity contribution in [3.05, 3.63) is 28.8 Å². The van der Waals surface area contributed by atoms with E-state index in [1.807, 2.05) is 0 Å². The van der Waals surface area contributed by atoms with Gasteiger partial charge in [-0.05, 0) is 30.2 Å². The van der Waals surface area contributed by atoms with Crippen LogP contribution in [0.3, 0.4) is 0 Å². The molecule has 1 aliphatic rings. The number of halogens is 1. The number of rotatable bonds is 5. The lowest BCUT2D eigenvalue weighted by Crippen LogP contribution is -2.36. The van der Waals surface area contributed by atoms with Gasteiger partial charge in [0.05, 0.1) is 13.2 Å². The summed E-state index contributed by atoms with van der Waals surface area (Å²) >= 11 is 6.37. The number of morpholine rings is 1. The maximum Gasteiger partial charge on any atom is 0.0642 e. The van der Waals surface area contributed by atoms with Crippen LogP contribution in [0.1, 0.15) is 19.4 Å². The maximum atomic E-state index is 6.37. The highest BCUT2D eigenvalue weighted by Crippen LogP contribution is 2.24. The minimum Gasteiger partial charge on any atom is -0.378 e. The zero-order valence-electron chi connectivity index (χ0n) is 11.8. The molecular formula is C15H23ClN2O. The molecule has 0 spiro atoms. The van der Waals surface area contributed by atoms with E-state index < -0.39 is 0 Å². The van der Waals surface area contributed by atoms with Crippen LogP contribution in [0.2, 0.25) is 5.02 Å². The first-order valence-electron chi connectivity index (χ1n) is 6.98. The Balaban J connectivity index is 1.96. The van der Waals surface area contributed by atoms with Crippen molar-refractivity contribution in [3.8, 4) is 0 Å². The Morgan fingerprint density at radius 1 is 1.32 bits per heavy atom. The smallest absolute Gasteiger partial charge is 0.0642 e. The molecule has 2 rings (SSSR count). The summed E-state index contributed by atoms with van der Waals surface area (Å²) in [6.07, 6.45) is 0. The normalized spacial score (nSPS) is 16.1. The summed E-state index contributed by atoms with van der Waals surface area (Å²) in [7, 11) is 0. The van der Waals surface area contributed by atoms with Crippen molar-refractivity contribution >= 4 is 17.3 Å². The van der Waals surface area contributed by atoms with Gasteiger partial charge in [0.1, 0.15) is 0 Å². The van der Waals surface area contributed by atoms with Crippen LogP contribution in [0.25, 0.3) is 0 Å². The van der Waals surface area contributed by atoms with Gasteiger partial charge in [-0.15, -0.1) is 0 Å². The second-order valence-electron chi connectivity index (χ2n) is 5.40. The van der Waals surface area contributed by atoms with E-state index in [1.165, 1.54) is 11.3 Å². The number of nitrogens with zero attached hydrogens (tertiary/aromatic N) is 1. The Morgan fingerprint density at radius 3 is 2.68 bits per heavy atom. The average molecular weight is 283 g/mol. The fourth-order valence-electron chi connectivity index (χ4n) is 2.19. The van der Waals surface area contributed by atoms with E-state index in [1.54, 1.807) is 0 Å². The van der Waals surface area contributed by atoms with Crippen molar-refractivity contribution in [3.63, 3.8) is 0 Å². The lowest BCUT2D eigenvalue weighted by Gasteiger charge is -2.29. The number of nitrogens with one attached hydrogen (secondary N) is 1. The van der Waals surface area contributed by atoms with Crippen LogP contribution in [-0.4, -0.2) is 32.8 Å². The molecule has 106 valence electrons. The third-order valence-corrected chi connectivity index (χ3v) is 3.63. The lowest BCUT2D eigenvalue weighted by molar-refractivity contribution is 0.122. The lowest BCUT2D eigenvalue weighted by atomic mass is 10.1. The molecule has 0 aliphatic carbocycles. The van der Waals surface area contributed by atoms with E-state index >= 15 is 0 Å². The molecule has 4 heteroatoms. The van der Waals surface area contributed by atoms with Crippen molar-refractivity contribution in [2.75, 3.05) is 37.7 Å². The van der Waals surface area contributed by atoms with E-state index in [0.717, 1.165) is 44.4 Å². The number of ether oxygens (including phenoxy) is 1. The molecule has 0 saturated carbocycles. The Hall–Kier alpha value is -0.770. The summed E-state index contributed by atoms with van der Waals surface area (Å²) in [6.45, 7) is 9.75. The average Bonchev–Trinajstić information content (AvgIpc) is 2.41. The van der Waals surface area contributed by atoms with Crippen molar-refractivity contribution < 1.29 is 4.74 Å². The van der Waals surface area contributed by atoms with Gasteiger partial charge in [0.25, 0.3) is 0 Å². The zero-order chi connectivity index (χ0) is 13.7. The summed E-state index contributed by atoms with van der Waals surface area (Å²) in [5.74, 6) is 0.659.